The minimum Gasteiger partial charge on any atom is -0.382 e. The summed E-state index contributed by atoms with van der Waals surface area (Å²) >= 11 is 0. The summed E-state index contributed by atoms with van der Waals surface area (Å²) in [7, 11) is 0. The summed E-state index contributed by atoms with van der Waals surface area (Å²) in [6, 6.07) is 1.12. The van der Waals surface area contributed by atoms with Crippen LogP contribution < -0.4 is 0 Å². The fourth-order valence-corrected chi connectivity index (χ4v) is 3.09. The fraction of sp³-hybridized carbons (Fsp3) is 0.375. The molecule has 0 saturated heterocycles. The molecule has 0 aliphatic heterocycles. The van der Waals surface area contributed by atoms with Crippen LogP contribution in [0.15, 0.2) is 24.4 Å². The summed E-state index contributed by atoms with van der Waals surface area (Å²) in [5.74, 6) is -5.20. The highest BCUT2D eigenvalue weighted by Crippen LogP contribution is 2.48. The first-order valence-electron chi connectivity index (χ1n) is 7.47. The van der Waals surface area contributed by atoms with E-state index in [0.29, 0.717) is 22.9 Å². The molecular formula is C16H10F9NO. The van der Waals surface area contributed by atoms with Gasteiger partial charge in [-0.1, -0.05) is 0 Å². The van der Waals surface area contributed by atoms with Crippen LogP contribution >= 0.6 is 0 Å². The van der Waals surface area contributed by atoms with Gasteiger partial charge in [0.2, 0.25) is 0 Å². The molecule has 2 nitrogen and oxygen atoms in total. The van der Waals surface area contributed by atoms with E-state index in [0.717, 1.165) is 0 Å². The van der Waals surface area contributed by atoms with Gasteiger partial charge in [-0.25, -0.2) is 13.2 Å². The fourth-order valence-electron chi connectivity index (χ4n) is 3.09. The van der Waals surface area contributed by atoms with Crippen LogP contribution in [0.4, 0.5) is 39.5 Å². The standard InChI is InChI=1S/C16H10F9NO/c17-8-3-7(15(20,21)22)4-9(5-8)26-6-10(16(23,24)25)12-11(26)1-2-14(18,19)13(12)27/h3-6,13,27H,1-2H2. The number of alkyl halides is 8. The summed E-state index contributed by atoms with van der Waals surface area (Å²) < 4.78 is 120. The molecule has 0 fully saturated rings. The lowest BCUT2D eigenvalue weighted by Crippen LogP contribution is -2.33. The average molecular weight is 403 g/mol. The van der Waals surface area contributed by atoms with Gasteiger partial charge in [-0.2, -0.15) is 26.3 Å². The van der Waals surface area contributed by atoms with Crippen LogP contribution in [0.5, 0.6) is 0 Å². The topological polar surface area (TPSA) is 25.2 Å². The predicted molar refractivity (Wildman–Crippen MR) is 74.0 cm³/mol. The molecule has 1 atom stereocenters. The molecule has 0 bridgehead atoms. The molecule has 0 saturated carbocycles. The maximum Gasteiger partial charge on any atom is 0.418 e. The van der Waals surface area contributed by atoms with E-state index in [1.165, 1.54) is 0 Å². The van der Waals surface area contributed by atoms with Crippen molar-refractivity contribution in [3.63, 3.8) is 0 Å². The minimum absolute atomic E-state index is 0.160. The Labute approximate surface area is 145 Å². The quantitative estimate of drug-likeness (QED) is 0.645. The number of hydrogen-bond donors (Lipinski definition) is 1. The third-order valence-electron chi connectivity index (χ3n) is 4.31. The predicted octanol–water partition coefficient (Wildman–Crippen LogP) is 5.27. The van der Waals surface area contributed by atoms with E-state index in [4.69, 9.17) is 0 Å². The number of benzene rings is 1. The van der Waals surface area contributed by atoms with E-state index in [1.807, 2.05) is 0 Å². The molecule has 1 unspecified atom stereocenters. The summed E-state index contributed by atoms with van der Waals surface area (Å²) in [6.07, 6.45) is -14.3. The van der Waals surface area contributed by atoms with Crippen molar-refractivity contribution in [2.24, 2.45) is 0 Å². The third-order valence-corrected chi connectivity index (χ3v) is 4.31. The van der Waals surface area contributed by atoms with Crippen molar-refractivity contribution in [1.82, 2.24) is 4.57 Å². The van der Waals surface area contributed by atoms with Crippen LogP contribution in [0.3, 0.4) is 0 Å². The Morgan fingerprint density at radius 3 is 2.19 bits per heavy atom. The SMILES string of the molecule is OC1c2c(C(F)(F)F)cn(-c3cc(F)cc(C(F)(F)F)c3)c2CCC1(F)F. The summed E-state index contributed by atoms with van der Waals surface area (Å²) in [4.78, 5) is 0. The van der Waals surface area contributed by atoms with Gasteiger partial charge >= 0.3 is 12.4 Å². The van der Waals surface area contributed by atoms with Gasteiger partial charge in [0.15, 0.2) is 0 Å². The highest BCUT2D eigenvalue weighted by Gasteiger charge is 2.50. The van der Waals surface area contributed by atoms with E-state index in [-0.39, 0.29) is 6.07 Å². The van der Waals surface area contributed by atoms with Crippen molar-refractivity contribution in [2.75, 3.05) is 0 Å². The molecule has 1 aliphatic rings. The van der Waals surface area contributed by atoms with Crippen LogP contribution in [-0.2, 0) is 18.8 Å². The zero-order valence-electron chi connectivity index (χ0n) is 13.1. The molecule has 0 spiro atoms. The monoisotopic (exact) mass is 403 g/mol. The molecule has 0 amide bonds. The van der Waals surface area contributed by atoms with Crippen LogP contribution in [0, 0.1) is 5.82 Å². The van der Waals surface area contributed by atoms with Gasteiger partial charge in [0.1, 0.15) is 11.9 Å². The minimum atomic E-state index is -5.15. The molecule has 11 heteroatoms. The third kappa shape index (κ3) is 3.40. The first kappa shape index (κ1) is 19.6. The zero-order valence-corrected chi connectivity index (χ0v) is 13.1. The second kappa shape index (κ2) is 5.91. The smallest absolute Gasteiger partial charge is 0.382 e. The molecule has 1 heterocycles. The number of halogens is 9. The number of aromatic nitrogens is 1. The Morgan fingerprint density at radius 1 is 1.00 bits per heavy atom. The Morgan fingerprint density at radius 2 is 1.63 bits per heavy atom. The lowest BCUT2D eigenvalue weighted by atomic mass is 9.89. The Kier molecular flexibility index (Phi) is 4.29. The van der Waals surface area contributed by atoms with Crippen LogP contribution in [0.1, 0.15) is 34.9 Å². The second-order valence-corrected chi connectivity index (χ2v) is 6.13. The van der Waals surface area contributed by atoms with Crippen molar-refractivity contribution < 1.29 is 44.6 Å². The number of hydrogen-bond acceptors (Lipinski definition) is 1. The number of aliphatic hydroxyl groups is 1. The number of nitrogens with zero attached hydrogens (tertiary/aromatic N) is 1. The van der Waals surface area contributed by atoms with Crippen molar-refractivity contribution in [3.8, 4) is 5.69 Å². The molecule has 1 aromatic heterocycles. The first-order valence-corrected chi connectivity index (χ1v) is 7.47. The van der Waals surface area contributed by atoms with Gasteiger partial charge in [-0.05, 0) is 24.6 Å². The van der Waals surface area contributed by atoms with Crippen LogP contribution in [-0.4, -0.2) is 15.6 Å². The maximum atomic E-state index is 13.7. The highest BCUT2D eigenvalue weighted by atomic mass is 19.4. The lowest BCUT2D eigenvalue weighted by Gasteiger charge is -2.29. The molecule has 2 aromatic rings. The van der Waals surface area contributed by atoms with Gasteiger partial charge in [0, 0.05) is 29.6 Å². The van der Waals surface area contributed by atoms with Gasteiger partial charge in [0.25, 0.3) is 5.92 Å². The lowest BCUT2D eigenvalue weighted by molar-refractivity contribution is -0.147. The number of aliphatic hydroxyl groups excluding tert-OH is 1. The van der Waals surface area contributed by atoms with Gasteiger partial charge < -0.3 is 9.67 Å². The van der Waals surface area contributed by atoms with Crippen molar-refractivity contribution >= 4 is 0 Å². The summed E-state index contributed by atoms with van der Waals surface area (Å²) in [6.45, 7) is 0. The molecule has 1 aromatic carbocycles. The molecule has 1 N–H and O–H groups in total. The largest absolute Gasteiger partial charge is 0.418 e. The molecule has 148 valence electrons. The van der Waals surface area contributed by atoms with Crippen molar-refractivity contribution in [2.45, 2.75) is 37.2 Å². The van der Waals surface area contributed by atoms with Crippen LogP contribution in [0.2, 0.25) is 0 Å². The number of fused-ring (bicyclic) bond motifs is 1. The normalized spacial score (nSPS) is 19.9. The van der Waals surface area contributed by atoms with Gasteiger partial charge in [-0.3, -0.25) is 0 Å². The first-order chi connectivity index (χ1) is 12.2. The number of rotatable bonds is 1. The highest BCUT2D eigenvalue weighted by molar-refractivity contribution is 5.48. The van der Waals surface area contributed by atoms with Gasteiger partial charge in [-0.15, -0.1) is 0 Å². The Hall–Kier alpha value is -2.17. The second-order valence-electron chi connectivity index (χ2n) is 6.13. The van der Waals surface area contributed by atoms with E-state index >= 15 is 0 Å². The Balaban J connectivity index is 2.27. The van der Waals surface area contributed by atoms with Crippen molar-refractivity contribution in [1.29, 1.82) is 0 Å². The summed E-state index contributed by atoms with van der Waals surface area (Å²) in [5, 5.41) is 9.71. The van der Waals surface area contributed by atoms with Crippen LogP contribution in [0.25, 0.3) is 5.69 Å². The van der Waals surface area contributed by atoms with Crippen molar-refractivity contribution in [3.05, 3.63) is 52.6 Å². The zero-order chi connectivity index (χ0) is 20.4. The van der Waals surface area contributed by atoms with E-state index in [2.05, 4.69) is 0 Å². The molecule has 0 radical (unpaired) electrons. The van der Waals surface area contributed by atoms with E-state index in [9.17, 15) is 44.6 Å². The molecule has 1 aliphatic carbocycles. The van der Waals surface area contributed by atoms with E-state index in [1.54, 1.807) is 0 Å². The average Bonchev–Trinajstić information content (AvgIpc) is 2.90. The molecule has 3 rings (SSSR count). The Bertz CT molecular complexity index is 879. The maximum absolute atomic E-state index is 13.7. The molecule has 27 heavy (non-hydrogen) atoms. The van der Waals surface area contributed by atoms with E-state index < -0.39 is 71.1 Å². The molecular weight excluding hydrogens is 393 g/mol. The van der Waals surface area contributed by atoms with Gasteiger partial charge in [0.05, 0.1) is 11.1 Å². The summed E-state index contributed by atoms with van der Waals surface area (Å²) in [5.41, 5.74) is -5.24.